The zero-order chi connectivity index (χ0) is 76.7. The lowest BCUT2D eigenvalue weighted by Crippen LogP contribution is -2.35. The number of carboxylic acids is 3. The normalized spacial score (nSPS) is 16.5. The Morgan fingerprint density at radius 1 is 0.486 bits per heavy atom. The molecule has 6 fully saturated rings. The molecule has 2 aromatic carbocycles. The van der Waals surface area contributed by atoms with Gasteiger partial charge in [0, 0.05) is 69.4 Å². The van der Waals surface area contributed by atoms with Gasteiger partial charge in [-0.1, -0.05) is 52.6 Å². The molecule has 6 aromatic heterocycles. The van der Waals surface area contributed by atoms with Crippen molar-refractivity contribution in [2.24, 2.45) is 5.73 Å². The fraction of sp³-hybridized carbons (Fsp3) is 0.316. The Balaban J connectivity index is 0.000000141. The molecule has 8 aliphatic rings. The zero-order valence-electron chi connectivity index (χ0n) is 57.9. The quantitative estimate of drug-likeness (QED) is 0.0407. The van der Waals surface area contributed by atoms with Crippen molar-refractivity contribution in [2.75, 3.05) is 68.7 Å². The molecule has 0 unspecified atom stereocenters. The molecule has 6 N–H and O–H groups in total. The number of aromatic carboxylic acids is 3. The number of carbonyl (C=O) groups excluding carboxylic acids is 4. The second-order valence-corrected chi connectivity index (χ2v) is 27.2. The molecule has 3 saturated heterocycles. The number of imide groups is 2. The topological polar surface area (TPSA) is 349 Å². The SMILES string of the molecule is Cl.O=C(O)c1cn(C2CC2)c2nc(Cl)c(F)cc2c1=O.[C-]#[N+]C(CN)=C1CCN(c2nc3c(cc2F)c(=O)c(C(=O)O)cn3C2CC2)CC1.[C-]#[N+]C(CN1C(=O)c2ccccc2C1=O)=C1CCN(c2nc3c(cc2F)c(=O)c(C(=O)O)cn3C2CC2)CC1.[C-]#[N+]C(CN1C(=O)c2ccccc2C1=O)=C1CCNCC1. The highest BCUT2D eigenvalue weighted by molar-refractivity contribution is 6.30. The highest BCUT2D eigenvalue weighted by Crippen LogP contribution is 2.41. The molecular weight excluding hydrogens is 1460 g/mol. The van der Waals surface area contributed by atoms with Gasteiger partial charge in [-0.25, -0.2) is 57.0 Å². The number of hydrogen-bond acceptors (Lipinski definition) is 17. The number of benzene rings is 2. The van der Waals surface area contributed by atoms with E-state index in [4.69, 9.17) is 42.2 Å². The van der Waals surface area contributed by atoms with Gasteiger partial charge in [0.25, 0.3) is 23.6 Å². The van der Waals surface area contributed by atoms with E-state index in [0.29, 0.717) is 96.9 Å². The molecule has 109 heavy (non-hydrogen) atoms. The van der Waals surface area contributed by atoms with Gasteiger partial charge in [0.1, 0.15) is 33.6 Å². The minimum Gasteiger partial charge on any atom is -0.477 e. The van der Waals surface area contributed by atoms with Crippen LogP contribution in [0.15, 0.2) is 134 Å². The van der Waals surface area contributed by atoms with Crippen molar-refractivity contribution >= 4 is 110 Å². The van der Waals surface area contributed by atoms with E-state index < -0.39 is 69.0 Å². The van der Waals surface area contributed by atoms with E-state index in [1.54, 1.807) is 72.0 Å². The average Bonchev–Trinajstić information content (AvgIpc) is 1.73. The van der Waals surface area contributed by atoms with E-state index in [0.717, 1.165) is 104 Å². The second kappa shape index (κ2) is 31.7. The number of halogens is 5. The molecule has 3 saturated carbocycles. The maximum atomic E-state index is 15.2. The summed E-state index contributed by atoms with van der Waals surface area (Å²) in [7, 11) is 0. The van der Waals surface area contributed by atoms with Crippen LogP contribution in [-0.4, -0.2) is 154 Å². The van der Waals surface area contributed by atoms with Gasteiger partial charge in [-0.3, -0.25) is 43.4 Å². The molecule has 0 spiro atoms. The van der Waals surface area contributed by atoms with E-state index in [-0.39, 0.29) is 117 Å². The Morgan fingerprint density at radius 2 is 0.789 bits per heavy atom. The molecule has 0 atom stereocenters. The van der Waals surface area contributed by atoms with Crippen molar-refractivity contribution in [1.29, 1.82) is 0 Å². The third-order valence-electron chi connectivity index (χ3n) is 20.0. The van der Waals surface area contributed by atoms with Gasteiger partial charge in [-0.2, -0.15) is 0 Å². The first-order valence-corrected chi connectivity index (χ1v) is 35.0. The smallest absolute Gasteiger partial charge is 0.341 e. The molecule has 33 heteroatoms. The zero-order valence-corrected chi connectivity index (χ0v) is 59.5. The monoisotopic (exact) mass is 1520 g/mol. The predicted molar refractivity (Wildman–Crippen MR) is 394 cm³/mol. The first kappa shape index (κ1) is 76.4. The largest absolute Gasteiger partial charge is 0.477 e. The number of carboxylic acid groups (broad SMARTS) is 3. The molecule has 3 aliphatic carbocycles. The molecule has 11 heterocycles. The van der Waals surface area contributed by atoms with Gasteiger partial charge in [-0.15, -0.1) is 12.4 Å². The van der Waals surface area contributed by atoms with Crippen molar-refractivity contribution in [3.05, 3.63) is 246 Å². The molecule has 0 radical (unpaired) electrons. The van der Waals surface area contributed by atoms with E-state index in [9.17, 15) is 66.9 Å². The van der Waals surface area contributed by atoms with E-state index in [2.05, 4.69) is 34.8 Å². The second-order valence-electron chi connectivity index (χ2n) is 26.8. The Morgan fingerprint density at radius 3 is 1.09 bits per heavy atom. The van der Waals surface area contributed by atoms with Crippen LogP contribution in [0.2, 0.25) is 5.15 Å². The summed E-state index contributed by atoms with van der Waals surface area (Å²) in [5, 5.41) is 30.5. The third-order valence-corrected chi connectivity index (χ3v) is 20.3. The molecular formula is C76H66Cl2F3N15O13. The number of nitrogens with zero attached hydrogens (tertiary/aromatic N) is 13. The number of pyridine rings is 6. The van der Waals surface area contributed by atoms with Gasteiger partial charge in [0.2, 0.25) is 16.3 Å². The number of aromatic nitrogens is 6. The summed E-state index contributed by atoms with van der Waals surface area (Å²) < 4.78 is 48.4. The van der Waals surface area contributed by atoms with Crippen molar-refractivity contribution in [2.45, 2.75) is 95.2 Å². The van der Waals surface area contributed by atoms with Crippen molar-refractivity contribution in [3.63, 3.8) is 0 Å². The van der Waals surface area contributed by atoms with Crippen LogP contribution in [0.1, 0.15) is 168 Å². The maximum Gasteiger partial charge on any atom is 0.341 e. The lowest BCUT2D eigenvalue weighted by Gasteiger charge is -2.31. The maximum absolute atomic E-state index is 15.2. The Bertz CT molecular complexity index is 5570. The summed E-state index contributed by atoms with van der Waals surface area (Å²) in [6.07, 6.45) is 12.6. The number of fused-ring (bicyclic) bond motifs is 5. The average molecular weight is 1530 g/mol. The van der Waals surface area contributed by atoms with E-state index in [1.807, 2.05) is 0 Å². The molecule has 28 nitrogen and oxygen atoms in total. The van der Waals surface area contributed by atoms with Crippen LogP contribution in [0.3, 0.4) is 0 Å². The molecule has 4 amide bonds. The summed E-state index contributed by atoms with van der Waals surface area (Å²) >= 11 is 5.62. The summed E-state index contributed by atoms with van der Waals surface area (Å²) in [6, 6.07) is 16.6. The van der Waals surface area contributed by atoms with Gasteiger partial charge in [0.15, 0.2) is 51.3 Å². The van der Waals surface area contributed by atoms with Crippen LogP contribution in [0.25, 0.3) is 47.6 Å². The fourth-order valence-electron chi connectivity index (χ4n) is 13.9. The molecule has 16 rings (SSSR count). The first-order valence-electron chi connectivity index (χ1n) is 34.6. The summed E-state index contributed by atoms with van der Waals surface area (Å²) in [5.41, 5.74) is 8.73. The van der Waals surface area contributed by atoms with E-state index >= 15 is 4.39 Å². The van der Waals surface area contributed by atoms with Crippen LogP contribution in [0.4, 0.5) is 24.8 Å². The number of nitrogens with two attached hydrogens (primary N) is 1. The number of nitrogens with one attached hydrogen (secondary N) is 1. The summed E-state index contributed by atoms with van der Waals surface area (Å²) in [6.45, 7) is 25.8. The number of amides is 4. The third kappa shape index (κ3) is 15.3. The van der Waals surface area contributed by atoms with Gasteiger partial charge >= 0.3 is 17.9 Å². The lowest BCUT2D eigenvalue weighted by molar-refractivity contribution is 0.0653. The van der Waals surface area contributed by atoms with Gasteiger partial charge in [0.05, 0.1) is 71.2 Å². The van der Waals surface area contributed by atoms with Gasteiger partial charge < -0.3 is 49.9 Å². The standard InChI is InChI=1S/C28H22FN5O5.C20H20FN5O3.C16H15N3O2.C12H8ClFN2O3.ClH/c1-30-22(14-34-26(36)17-4-2-3-5-18(17)27(34)37)15-8-10-32(11-9-15)25-21(29)12-19-23(35)20(28(38)39)13-33(16-6-7-16)24(19)31-25;1-23-16(9-22)11-4-6-25(7-5-11)19-15(21)8-13-17(27)14(20(28)29)10-26(12-2-3-12)18(13)24-19;1-17-14(11-6-8-18-9-7-11)10-19-15(20)12-4-2-3-5-13(12)16(19)21;13-10-8(14)3-6-9(17)7(12(18)19)4-16(5-1-2-5)11(6)15-10;/h2-5,12-13,16H,6-11,14H2,(H,38,39);8,10,12H,2-7,9,22H2,(H,28,29);2-5,18H,6-10H2;3-5H,1-2H2,(H,18,19);1H. The minimum atomic E-state index is -1.37. The van der Waals surface area contributed by atoms with Crippen LogP contribution < -0.4 is 37.1 Å². The number of anilines is 2. The molecule has 8 aromatic rings. The minimum absolute atomic E-state index is 0. The Hall–Kier alpha value is -12.2. The van der Waals surface area contributed by atoms with E-state index in [1.165, 1.54) is 23.5 Å². The number of hydrogen-bond donors (Lipinski definition) is 5. The highest BCUT2D eigenvalue weighted by Gasteiger charge is 2.39. The Labute approximate surface area is 628 Å². The summed E-state index contributed by atoms with van der Waals surface area (Å²) in [5.74, 6) is -7.51. The van der Waals surface area contributed by atoms with Crippen LogP contribution in [0.5, 0.6) is 0 Å². The number of rotatable bonds is 13. The van der Waals surface area contributed by atoms with Crippen molar-refractivity contribution in [3.8, 4) is 0 Å². The summed E-state index contributed by atoms with van der Waals surface area (Å²) in [4.78, 5) is 151. The number of carbonyl (C=O) groups is 7. The molecule has 558 valence electrons. The number of piperidine rings is 3. The molecule has 5 aliphatic heterocycles. The van der Waals surface area contributed by atoms with Crippen LogP contribution in [-0.2, 0) is 0 Å². The van der Waals surface area contributed by atoms with Gasteiger partial charge in [-0.05, 0) is 133 Å². The lowest BCUT2D eigenvalue weighted by atomic mass is 10.0. The first-order chi connectivity index (χ1) is 51.9. The van der Waals surface area contributed by atoms with Crippen LogP contribution >= 0.6 is 24.0 Å². The molecule has 0 bridgehead atoms. The highest BCUT2D eigenvalue weighted by atomic mass is 35.5. The van der Waals surface area contributed by atoms with Crippen LogP contribution in [0, 0.1) is 37.2 Å². The predicted octanol–water partition coefficient (Wildman–Crippen LogP) is 10.4. The van der Waals surface area contributed by atoms with Crippen molar-refractivity contribution in [1.82, 2.24) is 43.8 Å². The van der Waals surface area contributed by atoms with Crippen molar-refractivity contribution < 1.29 is 62.1 Å². The fourth-order valence-corrected chi connectivity index (χ4v) is 14.0. The Kier molecular flexibility index (Phi) is 22.2.